The summed E-state index contributed by atoms with van der Waals surface area (Å²) in [7, 11) is -1.41. The van der Waals surface area contributed by atoms with Gasteiger partial charge in [-0.25, -0.2) is 8.42 Å². The number of nitrogens with zero attached hydrogens (tertiary/aromatic N) is 3. The van der Waals surface area contributed by atoms with Crippen molar-refractivity contribution in [3.05, 3.63) is 65.2 Å². The average molecular weight is 456 g/mol. The average Bonchev–Trinajstić information content (AvgIpc) is 3.04. The summed E-state index contributed by atoms with van der Waals surface area (Å²) in [6, 6.07) is 15.0. The monoisotopic (exact) mass is 455 g/mol. The molecule has 0 bridgehead atoms. The molecule has 2 aliphatic heterocycles. The molecule has 0 radical (unpaired) electrons. The molecule has 4 rings (SSSR count). The number of hydrogen-bond donors (Lipinski definition) is 2. The van der Waals surface area contributed by atoms with Crippen molar-refractivity contribution in [2.45, 2.75) is 24.4 Å². The highest BCUT2D eigenvalue weighted by Crippen LogP contribution is 2.22. The number of amidine groups is 1. The van der Waals surface area contributed by atoms with Crippen LogP contribution in [0.15, 0.2) is 58.4 Å². The Hall–Kier alpha value is -2.75. The number of rotatable bonds is 7. The zero-order valence-corrected chi connectivity index (χ0v) is 19.1. The molecule has 1 fully saturated rings. The summed E-state index contributed by atoms with van der Waals surface area (Å²) in [6.45, 7) is 5.91. The molecule has 9 heteroatoms. The largest absolute Gasteiger partial charge is 0.352 e. The van der Waals surface area contributed by atoms with Gasteiger partial charge in [0.25, 0.3) is 10.0 Å². The fourth-order valence-electron chi connectivity index (χ4n) is 3.91. The predicted octanol–water partition coefficient (Wildman–Crippen LogP) is 1.18. The Morgan fingerprint density at radius 3 is 2.62 bits per heavy atom. The van der Waals surface area contributed by atoms with Gasteiger partial charge in [0.15, 0.2) is 0 Å². The second kappa shape index (κ2) is 9.81. The van der Waals surface area contributed by atoms with Gasteiger partial charge in [-0.15, -0.1) is 0 Å². The van der Waals surface area contributed by atoms with Crippen molar-refractivity contribution in [2.75, 3.05) is 39.8 Å². The van der Waals surface area contributed by atoms with Crippen LogP contribution < -0.4 is 10.0 Å². The lowest BCUT2D eigenvalue weighted by Crippen LogP contribution is -2.43. The molecule has 0 aromatic heterocycles. The van der Waals surface area contributed by atoms with E-state index >= 15 is 0 Å². The number of carbonyl (C=O) groups excluding carboxylic acids is 1. The number of likely N-dealkylation sites (N-methyl/N-ethyl adjacent to an activating group) is 1. The van der Waals surface area contributed by atoms with Gasteiger partial charge in [0.1, 0.15) is 5.84 Å². The number of amides is 1. The Balaban J connectivity index is 1.26. The van der Waals surface area contributed by atoms with Crippen LogP contribution in [0.1, 0.15) is 23.1 Å². The molecule has 2 N–H and O–H groups in total. The van der Waals surface area contributed by atoms with Gasteiger partial charge in [-0.3, -0.25) is 19.4 Å². The first kappa shape index (κ1) is 22.4. The normalized spacial score (nSPS) is 19.5. The van der Waals surface area contributed by atoms with Crippen LogP contribution in [0.25, 0.3) is 0 Å². The summed E-state index contributed by atoms with van der Waals surface area (Å²) < 4.78 is 26.7. The van der Waals surface area contributed by atoms with E-state index in [2.05, 4.69) is 44.0 Å². The fraction of sp³-hybridized carbons (Fsp3) is 0.391. The van der Waals surface area contributed by atoms with Crippen LogP contribution in [0.2, 0.25) is 0 Å². The third-order valence-corrected chi connectivity index (χ3v) is 7.15. The molecule has 0 aliphatic carbocycles. The van der Waals surface area contributed by atoms with Crippen molar-refractivity contribution in [1.29, 1.82) is 0 Å². The lowest BCUT2D eigenvalue weighted by molar-refractivity contribution is -0.121. The molecule has 2 aromatic rings. The van der Waals surface area contributed by atoms with Crippen LogP contribution in [0.5, 0.6) is 0 Å². The molecular formula is C23H29N5O3S. The fourth-order valence-corrected chi connectivity index (χ4v) is 5.16. The van der Waals surface area contributed by atoms with E-state index < -0.39 is 10.0 Å². The van der Waals surface area contributed by atoms with Crippen LogP contribution in [0.4, 0.5) is 0 Å². The second-order valence-electron chi connectivity index (χ2n) is 8.26. The van der Waals surface area contributed by atoms with Crippen molar-refractivity contribution in [3.63, 3.8) is 0 Å². The minimum Gasteiger partial charge on any atom is -0.352 e. The topological polar surface area (TPSA) is 94.1 Å². The number of piperazine rings is 1. The van der Waals surface area contributed by atoms with Crippen LogP contribution in [-0.4, -0.2) is 69.7 Å². The summed E-state index contributed by atoms with van der Waals surface area (Å²) in [5.74, 6) is 0.179. The molecular weight excluding hydrogens is 426 g/mol. The van der Waals surface area contributed by atoms with Crippen LogP contribution in [0, 0.1) is 0 Å². The Morgan fingerprint density at radius 2 is 1.81 bits per heavy atom. The van der Waals surface area contributed by atoms with E-state index in [0.29, 0.717) is 17.9 Å². The molecule has 0 atom stereocenters. The van der Waals surface area contributed by atoms with Crippen molar-refractivity contribution < 1.29 is 13.2 Å². The second-order valence-corrected chi connectivity index (χ2v) is 9.91. The standard InChI is InChI=1S/C23H29N5O3S/c1-27-11-13-28(14-12-27)17-19-6-4-5-18(15-19)16-25-22(29)9-10-24-23-20-7-2-3-8-21(20)32(30,31)26-23/h2-8,15H,9-14,16-17H2,1H3,(H,24,26)(H,25,29). The van der Waals surface area contributed by atoms with Gasteiger partial charge in [-0.1, -0.05) is 36.4 Å². The van der Waals surface area contributed by atoms with Gasteiger partial charge >= 0.3 is 0 Å². The molecule has 2 aliphatic rings. The third kappa shape index (κ3) is 5.53. The summed E-state index contributed by atoms with van der Waals surface area (Å²) in [5, 5.41) is 2.93. The Labute approximate surface area is 189 Å². The quantitative estimate of drug-likeness (QED) is 0.654. The van der Waals surface area contributed by atoms with Crippen LogP contribution in [0.3, 0.4) is 0 Å². The van der Waals surface area contributed by atoms with Crippen molar-refractivity contribution >= 4 is 21.8 Å². The van der Waals surface area contributed by atoms with Gasteiger partial charge in [0.2, 0.25) is 5.91 Å². The number of aliphatic imine (C=N–C) groups is 1. The van der Waals surface area contributed by atoms with E-state index in [1.807, 2.05) is 12.1 Å². The maximum atomic E-state index is 12.3. The number of carbonyl (C=O) groups is 1. The zero-order chi connectivity index (χ0) is 22.6. The molecule has 170 valence electrons. The zero-order valence-electron chi connectivity index (χ0n) is 18.3. The first-order chi connectivity index (χ1) is 15.4. The highest BCUT2D eigenvalue weighted by molar-refractivity contribution is 7.90. The third-order valence-electron chi connectivity index (χ3n) is 5.75. The number of sulfonamides is 1. The molecule has 0 spiro atoms. The minimum absolute atomic E-state index is 0.118. The molecule has 2 aromatic carbocycles. The Kier molecular flexibility index (Phi) is 6.88. The van der Waals surface area contributed by atoms with Crippen molar-refractivity contribution in [2.24, 2.45) is 4.99 Å². The summed E-state index contributed by atoms with van der Waals surface area (Å²) in [5.41, 5.74) is 2.86. The molecule has 1 amide bonds. The van der Waals surface area contributed by atoms with Gasteiger partial charge in [0.05, 0.1) is 11.4 Å². The predicted molar refractivity (Wildman–Crippen MR) is 124 cm³/mol. The maximum Gasteiger partial charge on any atom is 0.263 e. The van der Waals surface area contributed by atoms with E-state index in [1.54, 1.807) is 24.3 Å². The van der Waals surface area contributed by atoms with Crippen molar-refractivity contribution in [1.82, 2.24) is 19.8 Å². The summed E-state index contributed by atoms with van der Waals surface area (Å²) in [4.78, 5) is 21.6. The highest BCUT2D eigenvalue weighted by Gasteiger charge is 2.29. The number of benzene rings is 2. The van der Waals surface area contributed by atoms with E-state index in [0.717, 1.165) is 38.3 Å². The highest BCUT2D eigenvalue weighted by atomic mass is 32.2. The molecule has 0 unspecified atom stereocenters. The maximum absolute atomic E-state index is 12.3. The number of nitrogens with one attached hydrogen (secondary N) is 2. The lowest BCUT2D eigenvalue weighted by Gasteiger charge is -2.32. The Bertz CT molecular complexity index is 1110. The van der Waals surface area contributed by atoms with Gasteiger partial charge in [-0.05, 0) is 30.3 Å². The number of hydrogen-bond acceptors (Lipinski definition) is 6. The van der Waals surface area contributed by atoms with E-state index in [1.165, 1.54) is 5.56 Å². The van der Waals surface area contributed by atoms with Crippen molar-refractivity contribution in [3.8, 4) is 0 Å². The summed E-state index contributed by atoms with van der Waals surface area (Å²) in [6.07, 6.45) is 0.189. The molecule has 32 heavy (non-hydrogen) atoms. The first-order valence-corrected chi connectivity index (χ1v) is 12.3. The number of fused-ring (bicyclic) bond motifs is 1. The van der Waals surface area contributed by atoms with E-state index in [4.69, 9.17) is 0 Å². The SMILES string of the molecule is CN1CCN(Cc2cccc(CNC(=O)CCN=C3NS(=O)(=O)c4ccccc43)c2)CC1. The van der Waals surface area contributed by atoms with Crippen LogP contribution in [-0.2, 0) is 27.9 Å². The first-order valence-electron chi connectivity index (χ1n) is 10.8. The summed E-state index contributed by atoms with van der Waals surface area (Å²) >= 11 is 0. The minimum atomic E-state index is -3.56. The lowest BCUT2D eigenvalue weighted by atomic mass is 10.1. The molecule has 1 saturated heterocycles. The van der Waals surface area contributed by atoms with Gasteiger partial charge in [-0.2, -0.15) is 0 Å². The molecule has 0 saturated carbocycles. The molecule has 8 nitrogen and oxygen atoms in total. The van der Waals surface area contributed by atoms with Crippen LogP contribution >= 0.6 is 0 Å². The molecule has 2 heterocycles. The van der Waals surface area contributed by atoms with Gasteiger partial charge < -0.3 is 10.2 Å². The van der Waals surface area contributed by atoms with E-state index in [9.17, 15) is 13.2 Å². The van der Waals surface area contributed by atoms with Gasteiger partial charge in [0, 0.05) is 51.3 Å². The smallest absolute Gasteiger partial charge is 0.263 e. The Morgan fingerprint density at radius 1 is 1.06 bits per heavy atom. The van der Waals surface area contributed by atoms with E-state index in [-0.39, 0.29) is 23.8 Å².